The zero-order chi connectivity index (χ0) is 19.2. The fourth-order valence-corrected chi connectivity index (χ4v) is 3.32. The smallest absolute Gasteiger partial charge is 0.258 e. The minimum atomic E-state index is -0.334. The number of rotatable bonds is 7. The zero-order valence-corrected chi connectivity index (χ0v) is 17.1. The van der Waals surface area contributed by atoms with Gasteiger partial charge in [0.25, 0.3) is 5.91 Å². The molecular formula is C21H28ClFN2O3. The molecule has 0 radical (unpaired) electrons. The van der Waals surface area contributed by atoms with Crippen LogP contribution < -0.4 is 10.1 Å². The molecule has 1 aromatic carbocycles. The van der Waals surface area contributed by atoms with Gasteiger partial charge in [0.05, 0.1) is 6.04 Å². The Balaban J connectivity index is 0.00000280. The first-order valence-electron chi connectivity index (χ1n) is 9.46. The molecule has 2 aromatic rings. The molecule has 1 aliphatic heterocycles. The second-order valence-electron chi connectivity index (χ2n) is 7.23. The summed E-state index contributed by atoms with van der Waals surface area (Å²) in [5, 5.41) is 2.94. The fraction of sp³-hybridized carbons (Fsp3) is 0.476. The van der Waals surface area contributed by atoms with Crippen LogP contribution in [0, 0.1) is 18.7 Å². The van der Waals surface area contributed by atoms with Crippen molar-refractivity contribution in [1.82, 2.24) is 10.2 Å². The van der Waals surface area contributed by atoms with Crippen LogP contribution in [-0.2, 0) is 4.79 Å². The standard InChI is InChI=1S/C21H27FN2O3.ClH/c1-15-9-11-24(12-10-15)19(20-8-3-16(2)27-20)13-23-21(25)14-26-18-6-4-17(22)5-7-18;/h3-8,15,19H,9-14H2,1-2H3,(H,23,25);1H. The van der Waals surface area contributed by atoms with E-state index in [0.717, 1.165) is 43.4 Å². The number of hydrogen-bond acceptors (Lipinski definition) is 4. The summed E-state index contributed by atoms with van der Waals surface area (Å²) in [5.74, 6) is 2.40. The largest absolute Gasteiger partial charge is 0.484 e. The van der Waals surface area contributed by atoms with E-state index in [9.17, 15) is 9.18 Å². The van der Waals surface area contributed by atoms with Crippen molar-refractivity contribution >= 4 is 18.3 Å². The Bertz CT molecular complexity index is 742. The summed E-state index contributed by atoms with van der Waals surface area (Å²) in [6, 6.07) is 9.58. The van der Waals surface area contributed by atoms with Crippen molar-refractivity contribution < 1.29 is 18.3 Å². The third kappa shape index (κ3) is 6.24. The lowest BCUT2D eigenvalue weighted by molar-refractivity contribution is -0.123. The van der Waals surface area contributed by atoms with Crippen LogP contribution in [0.5, 0.6) is 5.75 Å². The Morgan fingerprint density at radius 1 is 1.25 bits per heavy atom. The van der Waals surface area contributed by atoms with Gasteiger partial charge in [-0.25, -0.2) is 4.39 Å². The highest BCUT2D eigenvalue weighted by molar-refractivity contribution is 5.85. The molecule has 3 rings (SSSR count). The van der Waals surface area contributed by atoms with Crippen molar-refractivity contribution in [3.05, 3.63) is 53.7 Å². The van der Waals surface area contributed by atoms with E-state index in [0.29, 0.717) is 12.3 Å². The first kappa shape index (κ1) is 22.2. The van der Waals surface area contributed by atoms with Gasteiger partial charge in [0.2, 0.25) is 0 Å². The molecule has 2 heterocycles. The molecular weight excluding hydrogens is 383 g/mol. The van der Waals surface area contributed by atoms with Gasteiger partial charge in [-0.1, -0.05) is 6.92 Å². The van der Waals surface area contributed by atoms with Crippen LogP contribution in [0.15, 0.2) is 40.8 Å². The molecule has 28 heavy (non-hydrogen) atoms. The summed E-state index contributed by atoms with van der Waals surface area (Å²) in [6.07, 6.45) is 2.30. The van der Waals surface area contributed by atoms with Gasteiger partial charge in [-0.15, -0.1) is 12.4 Å². The molecule has 1 atom stereocenters. The number of halogens is 2. The number of aryl methyl sites for hydroxylation is 1. The van der Waals surface area contributed by atoms with E-state index in [4.69, 9.17) is 9.15 Å². The van der Waals surface area contributed by atoms with Gasteiger partial charge in [0.1, 0.15) is 23.1 Å². The first-order chi connectivity index (χ1) is 13.0. The van der Waals surface area contributed by atoms with E-state index in [2.05, 4.69) is 17.1 Å². The number of likely N-dealkylation sites (tertiary alicyclic amines) is 1. The number of carbonyl (C=O) groups excluding carboxylic acids is 1. The predicted molar refractivity (Wildman–Crippen MR) is 108 cm³/mol. The van der Waals surface area contributed by atoms with Gasteiger partial charge in [-0.05, 0) is 75.2 Å². The molecule has 0 aliphatic carbocycles. The number of nitrogens with one attached hydrogen (secondary N) is 1. The average molecular weight is 411 g/mol. The molecule has 7 heteroatoms. The van der Waals surface area contributed by atoms with Crippen LogP contribution in [0.3, 0.4) is 0 Å². The molecule has 0 spiro atoms. The quantitative estimate of drug-likeness (QED) is 0.746. The molecule has 1 aromatic heterocycles. The highest BCUT2D eigenvalue weighted by atomic mass is 35.5. The average Bonchev–Trinajstić information content (AvgIpc) is 3.09. The van der Waals surface area contributed by atoms with E-state index >= 15 is 0 Å². The topological polar surface area (TPSA) is 54.7 Å². The lowest BCUT2D eigenvalue weighted by atomic mass is 9.97. The van der Waals surface area contributed by atoms with Crippen LogP contribution in [0.4, 0.5) is 4.39 Å². The summed E-state index contributed by atoms with van der Waals surface area (Å²) in [7, 11) is 0. The Morgan fingerprint density at radius 2 is 1.93 bits per heavy atom. The molecule has 0 bridgehead atoms. The molecule has 1 saturated heterocycles. The Kier molecular flexibility index (Phi) is 8.33. The number of ether oxygens (including phenoxy) is 1. The van der Waals surface area contributed by atoms with E-state index < -0.39 is 0 Å². The summed E-state index contributed by atoms with van der Waals surface area (Å²) in [4.78, 5) is 14.6. The highest BCUT2D eigenvalue weighted by Crippen LogP contribution is 2.27. The van der Waals surface area contributed by atoms with Gasteiger partial charge in [-0.3, -0.25) is 9.69 Å². The monoisotopic (exact) mass is 410 g/mol. The van der Waals surface area contributed by atoms with Crippen LogP contribution in [0.2, 0.25) is 0 Å². The minimum absolute atomic E-state index is 0. The van der Waals surface area contributed by atoms with Crippen LogP contribution in [0.25, 0.3) is 0 Å². The maximum atomic E-state index is 12.9. The summed E-state index contributed by atoms with van der Waals surface area (Å²) in [5.41, 5.74) is 0. The minimum Gasteiger partial charge on any atom is -0.484 e. The van der Waals surface area contributed by atoms with Crippen molar-refractivity contribution in [2.75, 3.05) is 26.2 Å². The van der Waals surface area contributed by atoms with Gasteiger partial charge < -0.3 is 14.5 Å². The van der Waals surface area contributed by atoms with Gasteiger partial charge in [0, 0.05) is 6.54 Å². The Labute approximate surface area is 171 Å². The third-order valence-electron chi connectivity index (χ3n) is 5.02. The van der Waals surface area contributed by atoms with Crippen molar-refractivity contribution in [3.8, 4) is 5.75 Å². The van der Waals surface area contributed by atoms with E-state index in [1.807, 2.05) is 19.1 Å². The van der Waals surface area contributed by atoms with Crippen LogP contribution >= 0.6 is 12.4 Å². The van der Waals surface area contributed by atoms with E-state index in [1.165, 1.54) is 24.3 Å². The molecule has 5 nitrogen and oxygen atoms in total. The molecule has 1 amide bonds. The molecule has 1 unspecified atom stereocenters. The first-order valence-corrected chi connectivity index (χ1v) is 9.46. The number of piperidine rings is 1. The third-order valence-corrected chi connectivity index (χ3v) is 5.02. The van der Waals surface area contributed by atoms with Crippen molar-refractivity contribution in [2.24, 2.45) is 5.92 Å². The van der Waals surface area contributed by atoms with Crippen LogP contribution in [0.1, 0.15) is 37.3 Å². The predicted octanol–water partition coefficient (Wildman–Crippen LogP) is 4.12. The molecule has 154 valence electrons. The second kappa shape index (κ2) is 10.5. The van der Waals surface area contributed by atoms with Gasteiger partial charge in [-0.2, -0.15) is 0 Å². The highest BCUT2D eigenvalue weighted by Gasteiger charge is 2.27. The summed E-state index contributed by atoms with van der Waals surface area (Å²) < 4.78 is 24.2. The lowest BCUT2D eigenvalue weighted by Gasteiger charge is -2.35. The second-order valence-corrected chi connectivity index (χ2v) is 7.23. The lowest BCUT2D eigenvalue weighted by Crippen LogP contribution is -2.42. The van der Waals surface area contributed by atoms with E-state index in [1.54, 1.807) is 0 Å². The Hall–Kier alpha value is -2.05. The van der Waals surface area contributed by atoms with Gasteiger partial charge >= 0.3 is 0 Å². The van der Waals surface area contributed by atoms with Crippen molar-refractivity contribution in [1.29, 1.82) is 0 Å². The Morgan fingerprint density at radius 3 is 2.54 bits per heavy atom. The number of amides is 1. The van der Waals surface area contributed by atoms with Crippen LogP contribution in [-0.4, -0.2) is 37.0 Å². The van der Waals surface area contributed by atoms with Gasteiger partial charge in [0.15, 0.2) is 6.61 Å². The number of carbonyl (C=O) groups is 1. The fourth-order valence-electron chi connectivity index (χ4n) is 3.32. The normalized spacial score (nSPS) is 16.2. The van der Waals surface area contributed by atoms with E-state index in [-0.39, 0.29) is 36.8 Å². The number of nitrogens with zero attached hydrogens (tertiary/aromatic N) is 1. The molecule has 0 saturated carbocycles. The maximum absolute atomic E-state index is 12.9. The molecule has 1 N–H and O–H groups in total. The summed E-state index contributed by atoms with van der Waals surface area (Å²) in [6.45, 7) is 6.55. The molecule has 1 aliphatic rings. The molecule has 1 fully saturated rings. The number of benzene rings is 1. The number of furan rings is 1. The maximum Gasteiger partial charge on any atom is 0.258 e. The zero-order valence-electron chi connectivity index (χ0n) is 16.3. The van der Waals surface area contributed by atoms with Crippen molar-refractivity contribution in [3.63, 3.8) is 0 Å². The summed E-state index contributed by atoms with van der Waals surface area (Å²) >= 11 is 0. The SMILES string of the molecule is Cc1ccc(C(CNC(=O)COc2ccc(F)cc2)N2CCC(C)CC2)o1.Cl. The number of hydrogen-bond donors (Lipinski definition) is 1. The van der Waals surface area contributed by atoms with Crippen molar-refractivity contribution in [2.45, 2.75) is 32.7 Å².